The monoisotopic (exact) mass is 290 g/mol. The van der Waals surface area contributed by atoms with Crippen LogP contribution in [0.15, 0.2) is 15.9 Å². The van der Waals surface area contributed by atoms with Crippen molar-refractivity contribution in [2.75, 3.05) is 18.5 Å². The van der Waals surface area contributed by atoms with E-state index in [0.717, 1.165) is 15.9 Å². The van der Waals surface area contributed by atoms with Gasteiger partial charge in [0.2, 0.25) is 5.91 Å². The lowest BCUT2D eigenvalue weighted by atomic mass is 10.1. The number of hydrogen-bond acceptors (Lipinski definition) is 3. The first-order valence-electron chi connectivity index (χ1n) is 4.78. The molecule has 15 heavy (non-hydrogen) atoms. The van der Waals surface area contributed by atoms with Gasteiger partial charge in [-0.1, -0.05) is 6.92 Å². The van der Waals surface area contributed by atoms with Crippen LogP contribution in [-0.2, 0) is 4.79 Å². The second kappa shape index (κ2) is 5.63. The SMILES string of the molecule is CC(CCN)C(=O)N(C)c1cc(Br)cs1. The van der Waals surface area contributed by atoms with Gasteiger partial charge >= 0.3 is 0 Å². The van der Waals surface area contributed by atoms with Gasteiger partial charge in [-0.3, -0.25) is 4.79 Å². The first-order valence-corrected chi connectivity index (χ1v) is 6.45. The Kier molecular flexibility index (Phi) is 4.76. The zero-order valence-corrected chi connectivity index (χ0v) is 11.3. The van der Waals surface area contributed by atoms with Crippen molar-refractivity contribution in [3.8, 4) is 0 Å². The van der Waals surface area contributed by atoms with Crippen LogP contribution in [0.4, 0.5) is 5.00 Å². The standard InChI is InChI=1S/C10H15BrN2OS/c1-7(3-4-12)10(14)13(2)9-5-8(11)6-15-9/h5-7H,3-4,12H2,1-2H3. The minimum atomic E-state index is -0.0131. The first kappa shape index (κ1) is 12.7. The molecule has 0 aliphatic carbocycles. The molecule has 0 radical (unpaired) electrons. The number of carbonyl (C=O) groups excluding carboxylic acids is 1. The molecule has 0 saturated carbocycles. The molecule has 1 rings (SSSR count). The van der Waals surface area contributed by atoms with Crippen LogP contribution >= 0.6 is 27.3 Å². The van der Waals surface area contributed by atoms with Crippen molar-refractivity contribution in [3.05, 3.63) is 15.9 Å². The van der Waals surface area contributed by atoms with E-state index in [1.54, 1.807) is 23.3 Å². The number of anilines is 1. The van der Waals surface area contributed by atoms with E-state index in [2.05, 4.69) is 15.9 Å². The quantitative estimate of drug-likeness (QED) is 0.926. The van der Waals surface area contributed by atoms with Crippen molar-refractivity contribution >= 4 is 38.2 Å². The third-order valence-corrected chi connectivity index (χ3v) is 4.00. The van der Waals surface area contributed by atoms with E-state index in [1.165, 1.54) is 0 Å². The fourth-order valence-corrected chi connectivity index (χ4v) is 2.68. The lowest BCUT2D eigenvalue weighted by Crippen LogP contribution is -2.31. The summed E-state index contributed by atoms with van der Waals surface area (Å²) in [6.45, 7) is 2.46. The molecular formula is C10H15BrN2OS. The molecule has 0 aromatic carbocycles. The van der Waals surface area contributed by atoms with Gasteiger partial charge < -0.3 is 10.6 Å². The van der Waals surface area contributed by atoms with Gasteiger partial charge in [-0.25, -0.2) is 0 Å². The molecule has 1 amide bonds. The van der Waals surface area contributed by atoms with Crippen LogP contribution in [0.3, 0.4) is 0 Å². The average molecular weight is 291 g/mol. The van der Waals surface area contributed by atoms with Gasteiger partial charge in [0, 0.05) is 22.8 Å². The number of rotatable bonds is 4. The first-order chi connectivity index (χ1) is 7.06. The lowest BCUT2D eigenvalue weighted by Gasteiger charge is -2.19. The molecule has 0 aliphatic rings. The van der Waals surface area contributed by atoms with E-state index in [-0.39, 0.29) is 11.8 Å². The van der Waals surface area contributed by atoms with Crippen molar-refractivity contribution in [3.63, 3.8) is 0 Å². The molecule has 1 unspecified atom stereocenters. The van der Waals surface area contributed by atoms with E-state index in [4.69, 9.17) is 5.73 Å². The molecular weight excluding hydrogens is 276 g/mol. The van der Waals surface area contributed by atoms with Crippen LogP contribution < -0.4 is 10.6 Å². The summed E-state index contributed by atoms with van der Waals surface area (Å²) in [5, 5.41) is 2.92. The van der Waals surface area contributed by atoms with Crippen molar-refractivity contribution in [1.29, 1.82) is 0 Å². The zero-order valence-electron chi connectivity index (χ0n) is 8.87. The van der Waals surface area contributed by atoms with Crippen molar-refractivity contribution < 1.29 is 4.79 Å². The number of carbonyl (C=O) groups is 1. The molecule has 5 heteroatoms. The summed E-state index contributed by atoms with van der Waals surface area (Å²) < 4.78 is 1.01. The lowest BCUT2D eigenvalue weighted by molar-refractivity contribution is -0.121. The summed E-state index contributed by atoms with van der Waals surface area (Å²) in [6, 6.07) is 1.94. The molecule has 1 aromatic heterocycles. The van der Waals surface area contributed by atoms with E-state index in [9.17, 15) is 4.79 Å². The van der Waals surface area contributed by atoms with E-state index >= 15 is 0 Å². The van der Waals surface area contributed by atoms with Crippen molar-refractivity contribution in [2.45, 2.75) is 13.3 Å². The Hall–Kier alpha value is -0.390. The maximum Gasteiger partial charge on any atom is 0.230 e. The number of nitrogens with two attached hydrogens (primary N) is 1. The summed E-state index contributed by atoms with van der Waals surface area (Å²) in [5.41, 5.74) is 5.43. The molecule has 84 valence electrons. The predicted molar refractivity (Wildman–Crippen MR) is 68.3 cm³/mol. The number of nitrogens with zero attached hydrogens (tertiary/aromatic N) is 1. The summed E-state index contributed by atoms with van der Waals surface area (Å²) in [7, 11) is 1.80. The van der Waals surface area contributed by atoms with Gasteiger partial charge in [0.25, 0.3) is 0 Å². The Morgan fingerprint density at radius 3 is 2.87 bits per heavy atom. The number of amides is 1. The highest BCUT2D eigenvalue weighted by atomic mass is 79.9. The summed E-state index contributed by atoms with van der Waals surface area (Å²) in [6.07, 6.45) is 0.732. The molecule has 0 saturated heterocycles. The predicted octanol–water partition coefficient (Wildman–Crippen LogP) is 2.46. The van der Waals surface area contributed by atoms with Crippen LogP contribution in [0.1, 0.15) is 13.3 Å². The summed E-state index contributed by atoms with van der Waals surface area (Å²) in [4.78, 5) is 13.6. The van der Waals surface area contributed by atoms with Gasteiger partial charge in [-0.2, -0.15) is 0 Å². The Balaban J connectivity index is 2.68. The van der Waals surface area contributed by atoms with Crippen LogP contribution in [-0.4, -0.2) is 19.5 Å². The van der Waals surface area contributed by atoms with Crippen LogP contribution in [0.2, 0.25) is 0 Å². The minimum absolute atomic E-state index is 0.0131. The van der Waals surface area contributed by atoms with Crippen LogP contribution in [0.5, 0.6) is 0 Å². The minimum Gasteiger partial charge on any atom is -0.330 e. The maximum absolute atomic E-state index is 11.9. The van der Waals surface area contributed by atoms with E-state index in [1.807, 2.05) is 18.4 Å². The number of thiophene rings is 1. The second-order valence-electron chi connectivity index (χ2n) is 3.48. The van der Waals surface area contributed by atoms with Crippen LogP contribution in [0.25, 0.3) is 0 Å². The van der Waals surface area contributed by atoms with E-state index < -0.39 is 0 Å². The Labute approximate surface area is 102 Å². The fraction of sp³-hybridized carbons (Fsp3) is 0.500. The second-order valence-corrected chi connectivity index (χ2v) is 5.28. The topological polar surface area (TPSA) is 46.3 Å². The largest absolute Gasteiger partial charge is 0.330 e. The smallest absolute Gasteiger partial charge is 0.230 e. The van der Waals surface area contributed by atoms with Crippen molar-refractivity contribution in [2.24, 2.45) is 11.7 Å². The molecule has 0 bridgehead atoms. The van der Waals surface area contributed by atoms with Gasteiger partial charge in [-0.05, 0) is 35.0 Å². The summed E-state index contributed by atoms with van der Waals surface area (Å²) in [5.74, 6) is 0.107. The normalized spacial score (nSPS) is 12.5. The van der Waals surface area contributed by atoms with E-state index in [0.29, 0.717) is 6.54 Å². The third kappa shape index (κ3) is 3.29. The molecule has 0 spiro atoms. The molecule has 1 heterocycles. The highest BCUT2D eigenvalue weighted by Crippen LogP contribution is 2.28. The Morgan fingerprint density at radius 2 is 2.40 bits per heavy atom. The molecule has 1 aromatic rings. The Bertz CT molecular complexity index is 340. The average Bonchev–Trinajstić information content (AvgIpc) is 2.63. The van der Waals surface area contributed by atoms with Gasteiger partial charge in [0.1, 0.15) is 0 Å². The zero-order chi connectivity index (χ0) is 11.4. The van der Waals surface area contributed by atoms with Crippen molar-refractivity contribution in [1.82, 2.24) is 0 Å². The highest BCUT2D eigenvalue weighted by Gasteiger charge is 2.18. The molecule has 0 fully saturated rings. The number of hydrogen-bond donors (Lipinski definition) is 1. The fourth-order valence-electron chi connectivity index (χ4n) is 1.29. The third-order valence-electron chi connectivity index (χ3n) is 2.24. The highest BCUT2D eigenvalue weighted by molar-refractivity contribution is 9.10. The number of halogens is 1. The maximum atomic E-state index is 11.9. The summed E-state index contributed by atoms with van der Waals surface area (Å²) >= 11 is 4.92. The molecule has 1 atom stereocenters. The molecule has 3 nitrogen and oxygen atoms in total. The molecule has 2 N–H and O–H groups in total. The van der Waals surface area contributed by atoms with Crippen LogP contribution in [0, 0.1) is 5.92 Å². The molecule has 0 aliphatic heterocycles. The Morgan fingerprint density at radius 1 is 1.73 bits per heavy atom. The van der Waals surface area contributed by atoms with Gasteiger partial charge in [-0.15, -0.1) is 11.3 Å². The van der Waals surface area contributed by atoms with Gasteiger partial charge in [0.15, 0.2) is 0 Å². The van der Waals surface area contributed by atoms with Gasteiger partial charge in [0.05, 0.1) is 5.00 Å².